The zero-order valence-electron chi connectivity index (χ0n) is 15.3. The summed E-state index contributed by atoms with van der Waals surface area (Å²) in [6.45, 7) is 2.23. The Hall–Kier alpha value is -1.91. The summed E-state index contributed by atoms with van der Waals surface area (Å²) in [5, 5.41) is 0. The molecule has 3 fully saturated rings. The van der Waals surface area contributed by atoms with Crippen LogP contribution in [-0.2, 0) is 16.1 Å². The molecule has 1 unspecified atom stereocenters. The molecule has 2 saturated heterocycles. The first kappa shape index (κ1) is 17.5. The molecule has 3 aliphatic rings. The summed E-state index contributed by atoms with van der Waals surface area (Å²) in [6, 6.07) is 6.66. The van der Waals surface area contributed by atoms with Gasteiger partial charge in [0.15, 0.2) is 0 Å². The largest absolute Gasteiger partial charge is 0.341 e. The molecule has 1 saturated carbocycles. The molecule has 2 amide bonds. The first-order valence-corrected chi connectivity index (χ1v) is 9.91. The number of hydrogen-bond acceptors (Lipinski definition) is 2. The predicted molar refractivity (Wildman–Crippen MR) is 96.6 cm³/mol. The molecule has 2 aliphatic heterocycles. The fraction of sp³-hybridized carbons (Fsp3) is 0.619. The van der Waals surface area contributed by atoms with Gasteiger partial charge in [-0.25, -0.2) is 4.39 Å². The minimum atomic E-state index is -0.447. The van der Waals surface area contributed by atoms with Gasteiger partial charge in [-0.05, 0) is 38.2 Å². The van der Waals surface area contributed by atoms with Crippen molar-refractivity contribution in [1.29, 1.82) is 0 Å². The van der Waals surface area contributed by atoms with Gasteiger partial charge in [-0.1, -0.05) is 31.0 Å². The van der Waals surface area contributed by atoms with E-state index in [-0.39, 0.29) is 23.5 Å². The molecule has 1 aliphatic carbocycles. The average Bonchev–Trinajstić information content (AvgIpc) is 3.31. The minimum Gasteiger partial charge on any atom is -0.341 e. The molecule has 2 heterocycles. The second kappa shape index (κ2) is 7.01. The molecule has 1 spiro atoms. The van der Waals surface area contributed by atoms with Crippen LogP contribution in [0.15, 0.2) is 24.3 Å². The van der Waals surface area contributed by atoms with E-state index in [1.54, 1.807) is 23.1 Å². The fourth-order valence-corrected chi connectivity index (χ4v) is 5.01. The molecule has 0 aromatic heterocycles. The second-order valence-electron chi connectivity index (χ2n) is 8.19. The van der Waals surface area contributed by atoms with Gasteiger partial charge in [0.05, 0.1) is 5.41 Å². The van der Waals surface area contributed by atoms with E-state index in [1.165, 1.54) is 6.07 Å². The van der Waals surface area contributed by atoms with Crippen LogP contribution in [0.2, 0.25) is 0 Å². The van der Waals surface area contributed by atoms with Crippen LogP contribution in [-0.4, -0.2) is 41.2 Å². The van der Waals surface area contributed by atoms with Crippen LogP contribution in [0.25, 0.3) is 0 Å². The second-order valence-corrected chi connectivity index (χ2v) is 8.19. The number of likely N-dealkylation sites (tertiary alicyclic amines) is 2. The van der Waals surface area contributed by atoms with Gasteiger partial charge in [-0.3, -0.25) is 9.59 Å². The van der Waals surface area contributed by atoms with Crippen molar-refractivity contribution in [3.05, 3.63) is 35.6 Å². The lowest BCUT2D eigenvalue weighted by Gasteiger charge is -2.39. The Labute approximate surface area is 154 Å². The zero-order valence-corrected chi connectivity index (χ0v) is 15.3. The van der Waals surface area contributed by atoms with Crippen LogP contribution in [0.4, 0.5) is 4.39 Å². The van der Waals surface area contributed by atoms with Gasteiger partial charge in [0.2, 0.25) is 11.8 Å². The van der Waals surface area contributed by atoms with E-state index < -0.39 is 5.41 Å². The van der Waals surface area contributed by atoms with E-state index in [0.29, 0.717) is 31.7 Å². The SMILES string of the molecule is O=C(C1CCCC1)N1CCC2(CCCN(Cc3ccccc3F)C2=O)C1. The van der Waals surface area contributed by atoms with E-state index in [2.05, 4.69) is 0 Å². The van der Waals surface area contributed by atoms with Crippen molar-refractivity contribution in [1.82, 2.24) is 9.80 Å². The third kappa shape index (κ3) is 3.12. The van der Waals surface area contributed by atoms with Crippen molar-refractivity contribution >= 4 is 11.8 Å². The summed E-state index contributed by atoms with van der Waals surface area (Å²) in [6.07, 6.45) is 6.79. The molecule has 0 radical (unpaired) electrons. The number of carbonyl (C=O) groups excluding carboxylic acids is 2. The molecular weight excluding hydrogens is 331 g/mol. The lowest BCUT2D eigenvalue weighted by molar-refractivity contribution is -0.147. The topological polar surface area (TPSA) is 40.6 Å². The van der Waals surface area contributed by atoms with Gasteiger partial charge in [0.25, 0.3) is 0 Å². The lowest BCUT2D eigenvalue weighted by Crippen LogP contribution is -2.50. The third-order valence-corrected chi connectivity index (χ3v) is 6.51. The molecule has 0 N–H and O–H groups in total. The number of halogens is 1. The number of rotatable bonds is 3. The lowest BCUT2D eigenvalue weighted by atomic mass is 9.78. The normalized spacial score (nSPS) is 26.9. The molecule has 0 bridgehead atoms. The zero-order chi connectivity index (χ0) is 18.1. The quantitative estimate of drug-likeness (QED) is 0.831. The van der Waals surface area contributed by atoms with Crippen LogP contribution in [0, 0.1) is 17.2 Å². The highest BCUT2D eigenvalue weighted by molar-refractivity contribution is 5.86. The van der Waals surface area contributed by atoms with Gasteiger partial charge < -0.3 is 9.80 Å². The summed E-state index contributed by atoms with van der Waals surface area (Å²) in [4.78, 5) is 29.7. The highest BCUT2D eigenvalue weighted by Gasteiger charge is 2.50. The summed E-state index contributed by atoms with van der Waals surface area (Å²) in [5.74, 6) is 0.259. The third-order valence-electron chi connectivity index (χ3n) is 6.51. The highest BCUT2D eigenvalue weighted by Crippen LogP contribution is 2.41. The molecule has 5 heteroatoms. The first-order valence-electron chi connectivity index (χ1n) is 9.91. The van der Waals surface area contributed by atoms with Gasteiger partial charge in [-0.15, -0.1) is 0 Å². The Morgan fingerprint density at radius 3 is 2.65 bits per heavy atom. The summed E-state index contributed by atoms with van der Waals surface area (Å²) < 4.78 is 14.0. The van der Waals surface area contributed by atoms with E-state index in [9.17, 15) is 14.0 Å². The summed E-state index contributed by atoms with van der Waals surface area (Å²) in [5.41, 5.74) is 0.118. The molecule has 1 atom stereocenters. The van der Waals surface area contributed by atoms with Crippen molar-refractivity contribution in [2.45, 2.75) is 51.5 Å². The minimum absolute atomic E-state index is 0.105. The Morgan fingerprint density at radius 2 is 1.88 bits per heavy atom. The number of amides is 2. The van der Waals surface area contributed by atoms with E-state index in [0.717, 1.165) is 44.9 Å². The Morgan fingerprint density at radius 1 is 1.12 bits per heavy atom. The Bertz CT molecular complexity index is 701. The number of hydrogen-bond donors (Lipinski definition) is 0. The first-order chi connectivity index (χ1) is 12.6. The molecule has 1 aromatic carbocycles. The maximum absolute atomic E-state index is 14.0. The fourth-order valence-electron chi connectivity index (χ4n) is 5.01. The van der Waals surface area contributed by atoms with Gasteiger partial charge in [0.1, 0.15) is 5.82 Å². The van der Waals surface area contributed by atoms with Crippen molar-refractivity contribution in [3.8, 4) is 0 Å². The monoisotopic (exact) mass is 358 g/mol. The van der Waals surface area contributed by atoms with Crippen molar-refractivity contribution < 1.29 is 14.0 Å². The van der Waals surface area contributed by atoms with Crippen LogP contribution in [0.5, 0.6) is 0 Å². The average molecular weight is 358 g/mol. The standard InChI is InChI=1S/C21H27FN2O2/c22-18-9-4-3-8-17(18)14-23-12-5-10-21(20(23)26)11-13-24(15-21)19(25)16-6-1-2-7-16/h3-4,8-9,16H,1-2,5-7,10-15H2. The van der Waals surface area contributed by atoms with E-state index in [4.69, 9.17) is 0 Å². The van der Waals surface area contributed by atoms with Gasteiger partial charge in [0, 0.05) is 37.7 Å². The molecule has 4 rings (SSSR count). The summed E-state index contributed by atoms with van der Waals surface area (Å²) >= 11 is 0. The van der Waals surface area contributed by atoms with Gasteiger partial charge in [-0.2, -0.15) is 0 Å². The molecule has 4 nitrogen and oxygen atoms in total. The molecule has 1 aromatic rings. The van der Waals surface area contributed by atoms with E-state index >= 15 is 0 Å². The van der Waals surface area contributed by atoms with Crippen LogP contribution < -0.4 is 0 Å². The van der Waals surface area contributed by atoms with Crippen molar-refractivity contribution in [2.75, 3.05) is 19.6 Å². The predicted octanol–water partition coefficient (Wildman–Crippen LogP) is 3.36. The molecule has 140 valence electrons. The maximum Gasteiger partial charge on any atom is 0.230 e. The van der Waals surface area contributed by atoms with Crippen LogP contribution in [0.3, 0.4) is 0 Å². The summed E-state index contributed by atoms with van der Waals surface area (Å²) in [7, 11) is 0. The Balaban J connectivity index is 1.46. The Kier molecular flexibility index (Phi) is 4.72. The highest BCUT2D eigenvalue weighted by atomic mass is 19.1. The van der Waals surface area contributed by atoms with Gasteiger partial charge >= 0.3 is 0 Å². The maximum atomic E-state index is 14.0. The van der Waals surface area contributed by atoms with Crippen molar-refractivity contribution in [3.63, 3.8) is 0 Å². The smallest absolute Gasteiger partial charge is 0.230 e. The molecular formula is C21H27FN2O2. The van der Waals surface area contributed by atoms with Crippen LogP contribution in [0.1, 0.15) is 50.5 Å². The van der Waals surface area contributed by atoms with E-state index in [1.807, 2.05) is 4.90 Å². The number of benzene rings is 1. The number of carbonyl (C=O) groups is 2. The molecule has 26 heavy (non-hydrogen) atoms. The van der Waals surface area contributed by atoms with Crippen LogP contribution >= 0.6 is 0 Å². The van der Waals surface area contributed by atoms with Crippen molar-refractivity contribution in [2.24, 2.45) is 11.3 Å². The number of nitrogens with zero attached hydrogens (tertiary/aromatic N) is 2. The number of piperidine rings is 1.